The lowest BCUT2D eigenvalue weighted by atomic mass is 10.2. The Morgan fingerprint density at radius 3 is 2.62 bits per heavy atom. The van der Waals surface area contributed by atoms with Crippen LogP contribution in [0.5, 0.6) is 11.5 Å². The maximum Gasteiger partial charge on any atom is 0.247 e. The van der Waals surface area contributed by atoms with Crippen molar-refractivity contribution >= 4 is 28.6 Å². The normalized spacial score (nSPS) is 10.8. The maximum absolute atomic E-state index is 11.8. The van der Waals surface area contributed by atoms with Gasteiger partial charge in [0.1, 0.15) is 29.7 Å². The highest BCUT2D eigenvalue weighted by Gasteiger charge is 2.07. The van der Waals surface area contributed by atoms with Gasteiger partial charge in [0.15, 0.2) is 0 Å². The second-order valence-electron chi connectivity index (χ2n) is 6.09. The van der Waals surface area contributed by atoms with E-state index in [1.807, 2.05) is 55.5 Å². The smallest absolute Gasteiger partial charge is 0.247 e. The summed E-state index contributed by atoms with van der Waals surface area (Å²) in [6.45, 7) is 2.88. The second kappa shape index (κ2) is 10.2. The fourth-order valence-corrected chi connectivity index (χ4v) is 2.94. The third-order valence-corrected chi connectivity index (χ3v) is 4.45. The van der Waals surface area contributed by atoms with E-state index in [4.69, 9.17) is 15.2 Å². The minimum absolute atomic E-state index is 0.0797. The van der Waals surface area contributed by atoms with Crippen molar-refractivity contribution in [1.29, 1.82) is 0 Å². The van der Waals surface area contributed by atoms with Crippen molar-refractivity contribution < 1.29 is 14.3 Å². The van der Waals surface area contributed by atoms with Gasteiger partial charge in [-0.15, -0.1) is 10.2 Å². The molecule has 0 aliphatic carbocycles. The number of anilines is 1. The highest BCUT2D eigenvalue weighted by atomic mass is 32.1. The molecule has 0 aliphatic rings. The first-order chi connectivity index (χ1) is 14.1. The summed E-state index contributed by atoms with van der Waals surface area (Å²) in [6, 6.07) is 15.2. The summed E-state index contributed by atoms with van der Waals surface area (Å²) in [5, 5.41) is 12.3. The van der Waals surface area contributed by atoms with E-state index >= 15 is 0 Å². The Labute approximate surface area is 172 Å². The van der Waals surface area contributed by atoms with Gasteiger partial charge < -0.3 is 15.2 Å². The van der Waals surface area contributed by atoms with Crippen LogP contribution in [0.15, 0.2) is 53.6 Å². The number of nitrogen functional groups attached to an aromatic ring is 1. The molecule has 3 aromatic rings. The number of ether oxygens (including phenoxy) is 2. The van der Waals surface area contributed by atoms with Gasteiger partial charge in [0.2, 0.25) is 11.0 Å². The number of amides is 1. The number of benzene rings is 2. The van der Waals surface area contributed by atoms with Crippen molar-refractivity contribution in [2.75, 3.05) is 18.9 Å². The molecule has 3 rings (SSSR count). The summed E-state index contributed by atoms with van der Waals surface area (Å²) >= 11 is 1.17. The zero-order chi connectivity index (χ0) is 20.5. The van der Waals surface area contributed by atoms with E-state index in [2.05, 4.69) is 20.7 Å². The average Bonchev–Trinajstić information content (AvgIpc) is 3.11. The van der Waals surface area contributed by atoms with Gasteiger partial charge in [-0.1, -0.05) is 41.2 Å². The highest BCUT2D eigenvalue weighted by Crippen LogP contribution is 2.14. The van der Waals surface area contributed by atoms with E-state index in [9.17, 15) is 4.79 Å². The van der Waals surface area contributed by atoms with Crippen LogP contribution in [0.4, 0.5) is 5.13 Å². The Morgan fingerprint density at radius 2 is 1.90 bits per heavy atom. The van der Waals surface area contributed by atoms with Crippen molar-refractivity contribution in [3.05, 3.63) is 64.7 Å². The van der Waals surface area contributed by atoms with Gasteiger partial charge >= 0.3 is 0 Å². The zero-order valence-corrected chi connectivity index (χ0v) is 16.7. The molecule has 150 valence electrons. The third kappa shape index (κ3) is 6.89. The second-order valence-corrected chi connectivity index (χ2v) is 7.18. The molecule has 3 N–H and O–H groups in total. The molecule has 0 radical (unpaired) electrons. The van der Waals surface area contributed by atoms with Crippen LogP contribution < -0.4 is 20.6 Å². The van der Waals surface area contributed by atoms with Crippen LogP contribution in [0, 0.1) is 6.92 Å². The monoisotopic (exact) mass is 411 g/mol. The minimum Gasteiger partial charge on any atom is -0.490 e. The van der Waals surface area contributed by atoms with Crippen LogP contribution in [-0.4, -0.2) is 35.5 Å². The molecule has 1 heterocycles. The number of carbonyl (C=O) groups excluding carboxylic acids is 1. The molecule has 0 fully saturated rings. The first-order valence-corrected chi connectivity index (χ1v) is 9.72. The van der Waals surface area contributed by atoms with E-state index in [1.54, 1.807) is 6.21 Å². The quantitative estimate of drug-likeness (QED) is 0.318. The number of nitrogens with zero attached hydrogens (tertiary/aromatic N) is 3. The van der Waals surface area contributed by atoms with E-state index in [0.29, 0.717) is 29.1 Å². The molecule has 0 atom stereocenters. The minimum atomic E-state index is -0.293. The average molecular weight is 411 g/mol. The Kier molecular flexibility index (Phi) is 7.12. The zero-order valence-electron chi connectivity index (χ0n) is 15.9. The fourth-order valence-electron chi connectivity index (χ4n) is 2.33. The van der Waals surface area contributed by atoms with Crippen molar-refractivity contribution in [3.8, 4) is 11.5 Å². The molecule has 0 bridgehead atoms. The number of carbonyl (C=O) groups is 1. The van der Waals surface area contributed by atoms with Crippen molar-refractivity contribution in [2.45, 2.75) is 13.3 Å². The van der Waals surface area contributed by atoms with Gasteiger partial charge in [-0.2, -0.15) is 5.10 Å². The summed E-state index contributed by atoms with van der Waals surface area (Å²) in [5.41, 5.74) is 9.92. The standard InChI is InChI=1S/C20H21N5O3S/c1-14-5-7-16(8-6-14)27-9-10-28-17-4-2-3-15(11-17)13-22-23-18(26)12-19-24-25-20(21)29-19/h2-8,11,13H,9-10,12H2,1H3,(H2,21,25)(H,23,26)/b22-13-. The number of hydrogen-bond acceptors (Lipinski definition) is 8. The molecule has 1 aromatic heterocycles. The summed E-state index contributed by atoms with van der Waals surface area (Å²) in [7, 11) is 0. The van der Waals surface area contributed by atoms with Crippen LogP contribution in [0.25, 0.3) is 0 Å². The number of nitrogens with two attached hydrogens (primary N) is 1. The topological polar surface area (TPSA) is 112 Å². The third-order valence-electron chi connectivity index (χ3n) is 3.70. The first kappa shape index (κ1) is 20.3. The highest BCUT2D eigenvalue weighted by molar-refractivity contribution is 7.15. The molecule has 2 aromatic carbocycles. The lowest BCUT2D eigenvalue weighted by Crippen LogP contribution is -2.19. The molecule has 0 saturated carbocycles. The number of aryl methyl sites for hydroxylation is 1. The van der Waals surface area contributed by atoms with Gasteiger partial charge in [0, 0.05) is 0 Å². The number of hydrogen-bond donors (Lipinski definition) is 2. The fraction of sp³-hybridized carbons (Fsp3) is 0.200. The molecular formula is C20H21N5O3S. The van der Waals surface area contributed by atoms with E-state index in [1.165, 1.54) is 16.9 Å². The summed E-state index contributed by atoms with van der Waals surface area (Å²) < 4.78 is 11.3. The van der Waals surface area contributed by atoms with E-state index in [0.717, 1.165) is 11.3 Å². The van der Waals surface area contributed by atoms with Crippen LogP contribution >= 0.6 is 11.3 Å². The van der Waals surface area contributed by atoms with Gasteiger partial charge in [-0.25, -0.2) is 5.43 Å². The Bertz CT molecular complexity index is 972. The largest absolute Gasteiger partial charge is 0.490 e. The predicted octanol–water partition coefficient (Wildman–Crippen LogP) is 2.58. The molecule has 9 heteroatoms. The summed E-state index contributed by atoms with van der Waals surface area (Å²) in [4.78, 5) is 11.8. The molecule has 1 amide bonds. The lowest BCUT2D eigenvalue weighted by Gasteiger charge is -2.09. The predicted molar refractivity (Wildman–Crippen MR) is 112 cm³/mol. The van der Waals surface area contributed by atoms with Gasteiger partial charge in [-0.05, 0) is 36.8 Å². The molecule has 0 saturated heterocycles. The Balaban J connectivity index is 1.41. The van der Waals surface area contributed by atoms with Crippen LogP contribution in [-0.2, 0) is 11.2 Å². The van der Waals surface area contributed by atoms with Gasteiger partial charge in [0.25, 0.3) is 0 Å². The van der Waals surface area contributed by atoms with E-state index in [-0.39, 0.29) is 12.3 Å². The Hall–Kier alpha value is -3.46. The van der Waals surface area contributed by atoms with Gasteiger partial charge in [-0.3, -0.25) is 4.79 Å². The number of aromatic nitrogens is 2. The van der Waals surface area contributed by atoms with Crippen LogP contribution in [0.1, 0.15) is 16.1 Å². The van der Waals surface area contributed by atoms with Gasteiger partial charge in [0.05, 0.1) is 12.6 Å². The molecule has 29 heavy (non-hydrogen) atoms. The SMILES string of the molecule is Cc1ccc(OCCOc2cccc(/C=N\NC(=O)Cc3nnc(N)s3)c2)cc1. The molecule has 8 nitrogen and oxygen atoms in total. The van der Waals surface area contributed by atoms with Crippen molar-refractivity contribution in [1.82, 2.24) is 15.6 Å². The molecular weight excluding hydrogens is 390 g/mol. The summed E-state index contributed by atoms with van der Waals surface area (Å²) in [5.74, 6) is 1.21. The molecule has 0 unspecified atom stereocenters. The molecule has 0 aliphatic heterocycles. The van der Waals surface area contributed by atoms with Crippen LogP contribution in [0.2, 0.25) is 0 Å². The Morgan fingerprint density at radius 1 is 1.14 bits per heavy atom. The van der Waals surface area contributed by atoms with E-state index < -0.39 is 0 Å². The number of rotatable bonds is 9. The summed E-state index contributed by atoms with van der Waals surface area (Å²) in [6.07, 6.45) is 1.62. The first-order valence-electron chi connectivity index (χ1n) is 8.90. The van der Waals surface area contributed by atoms with Crippen LogP contribution in [0.3, 0.4) is 0 Å². The number of hydrazone groups is 1. The molecule has 0 spiro atoms. The number of nitrogens with one attached hydrogen (secondary N) is 1. The lowest BCUT2D eigenvalue weighted by molar-refractivity contribution is -0.120. The van der Waals surface area contributed by atoms with Crippen molar-refractivity contribution in [2.24, 2.45) is 5.10 Å². The van der Waals surface area contributed by atoms with Crippen molar-refractivity contribution in [3.63, 3.8) is 0 Å². The maximum atomic E-state index is 11.8.